The number of hydrogen-bond donors (Lipinski definition) is 2. The van der Waals surface area contributed by atoms with Gasteiger partial charge in [0.05, 0.1) is 13.2 Å². The Labute approximate surface area is 81.3 Å². The van der Waals surface area contributed by atoms with Crippen LogP contribution in [0.4, 0.5) is 4.39 Å². The average Bonchev–Trinajstić information content (AvgIpc) is 2.18. The monoisotopic (exact) mass is 197 g/mol. The van der Waals surface area contributed by atoms with Crippen LogP contribution in [0.15, 0.2) is 12.1 Å². The predicted molar refractivity (Wildman–Crippen MR) is 49.4 cm³/mol. The first kappa shape index (κ1) is 9.43. The molecule has 1 heterocycles. The van der Waals surface area contributed by atoms with Gasteiger partial charge in [-0.05, 0) is 6.07 Å². The second kappa shape index (κ2) is 3.55. The molecule has 4 heteroatoms. The molecule has 76 valence electrons. The Morgan fingerprint density at radius 1 is 1.57 bits per heavy atom. The highest BCUT2D eigenvalue weighted by molar-refractivity contribution is 5.45. The molecule has 3 nitrogen and oxygen atoms in total. The van der Waals surface area contributed by atoms with E-state index in [1.807, 2.05) is 0 Å². The van der Waals surface area contributed by atoms with Gasteiger partial charge < -0.3 is 15.6 Å². The third kappa shape index (κ3) is 1.36. The molecule has 0 aliphatic carbocycles. The highest BCUT2D eigenvalue weighted by Gasteiger charge is 2.24. The van der Waals surface area contributed by atoms with Gasteiger partial charge in [-0.25, -0.2) is 4.39 Å². The summed E-state index contributed by atoms with van der Waals surface area (Å²) in [6.45, 7) is 0.319. The number of aliphatic hydroxyl groups is 1. The van der Waals surface area contributed by atoms with Crippen molar-refractivity contribution in [3.05, 3.63) is 29.1 Å². The third-order valence-corrected chi connectivity index (χ3v) is 2.44. The first-order chi connectivity index (χ1) is 6.74. The van der Waals surface area contributed by atoms with Crippen LogP contribution < -0.4 is 10.5 Å². The molecular formula is C10H12FNO2. The molecule has 14 heavy (non-hydrogen) atoms. The van der Waals surface area contributed by atoms with Crippen LogP contribution >= 0.6 is 0 Å². The number of hydrogen-bond acceptors (Lipinski definition) is 3. The van der Waals surface area contributed by atoms with Gasteiger partial charge >= 0.3 is 0 Å². The van der Waals surface area contributed by atoms with E-state index in [2.05, 4.69) is 0 Å². The SMILES string of the molecule is NC1CCOc2c(CO)ccc(F)c21. The van der Waals surface area contributed by atoms with Crippen molar-refractivity contribution in [3.63, 3.8) is 0 Å². The van der Waals surface area contributed by atoms with Crippen LogP contribution in [0.25, 0.3) is 0 Å². The van der Waals surface area contributed by atoms with Crippen molar-refractivity contribution in [2.45, 2.75) is 19.1 Å². The van der Waals surface area contributed by atoms with Crippen molar-refractivity contribution in [1.82, 2.24) is 0 Å². The molecule has 1 aliphatic heterocycles. The number of nitrogens with two attached hydrogens (primary N) is 1. The minimum Gasteiger partial charge on any atom is -0.493 e. The fraction of sp³-hybridized carbons (Fsp3) is 0.400. The molecule has 0 amide bonds. The van der Waals surface area contributed by atoms with Gasteiger partial charge in [0.2, 0.25) is 0 Å². The number of rotatable bonds is 1. The highest BCUT2D eigenvalue weighted by atomic mass is 19.1. The molecule has 3 N–H and O–H groups in total. The van der Waals surface area contributed by atoms with Crippen molar-refractivity contribution in [2.24, 2.45) is 5.73 Å². The Bertz CT molecular complexity index is 354. The minimum atomic E-state index is -0.357. The zero-order valence-corrected chi connectivity index (χ0v) is 7.66. The molecular weight excluding hydrogens is 185 g/mol. The maximum absolute atomic E-state index is 13.4. The summed E-state index contributed by atoms with van der Waals surface area (Å²) in [7, 11) is 0. The first-order valence-electron chi connectivity index (χ1n) is 4.54. The molecule has 0 aromatic heterocycles. The van der Waals surface area contributed by atoms with E-state index in [1.165, 1.54) is 12.1 Å². The lowest BCUT2D eigenvalue weighted by Gasteiger charge is -2.25. The lowest BCUT2D eigenvalue weighted by molar-refractivity contribution is 0.239. The van der Waals surface area contributed by atoms with Crippen LogP contribution in [0.1, 0.15) is 23.6 Å². The molecule has 1 aromatic carbocycles. The van der Waals surface area contributed by atoms with E-state index in [0.717, 1.165) is 0 Å². The second-order valence-corrected chi connectivity index (χ2v) is 3.35. The van der Waals surface area contributed by atoms with E-state index in [-0.39, 0.29) is 18.5 Å². The van der Waals surface area contributed by atoms with Gasteiger partial charge in [-0.1, -0.05) is 6.07 Å². The van der Waals surface area contributed by atoms with E-state index in [1.54, 1.807) is 0 Å². The van der Waals surface area contributed by atoms with Crippen molar-refractivity contribution in [3.8, 4) is 5.75 Å². The summed E-state index contributed by atoms with van der Waals surface area (Å²) in [4.78, 5) is 0. The number of benzene rings is 1. The van der Waals surface area contributed by atoms with Gasteiger partial charge in [-0.15, -0.1) is 0 Å². The summed E-state index contributed by atoms with van der Waals surface area (Å²) >= 11 is 0. The van der Waals surface area contributed by atoms with Crippen LogP contribution in [-0.4, -0.2) is 11.7 Å². The summed E-state index contributed by atoms with van der Waals surface area (Å²) in [6.07, 6.45) is 0.610. The molecule has 0 spiro atoms. The van der Waals surface area contributed by atoms with E-state index in [4.69, 9.17) is 15.6 Å². The molecule has 0 saturated heterocycles. The minimum absolute atomic E-state index is 0.157. The quantitative estimate of drug-likeness (QED) is 0.708. The number of halogens is 1. The van der Waals surface area contributed by atoms with Crippen LogP contribution in [0.3, 0.4) is 0 Å². The summed E-state index contributed by atoms with van der Waals surface area (Å²) in [6, 6.07) is 2.51. The number of ether oxygens (including phenoxy) is 1. The van der Waals surface area contributed by atoms with Crippen molar-refractivity contribution >= 4 is 0 Å². The van der Waals surface area contributed by atoms with Gasteiger partial charge in [0.25, 0.3) is 0 Å². The second-order valence-electron chi connectivity index (χ2n) is 3.35. The maximum atomic E-state index is 13.4. The molecule has 0 bridgehead atoms. The smallest absolute Gasteiger partial charge is 0.132 e. The molecule has 0 saturated carbocycles. The van der Waals surface area contributed by atoms with E-state index >= 15 is 0 Å². The Hall–Kier alpha value is -1.13. The van der Waals surface area contributed by atoms with Crippen molar-refractivity contribution in [2.75, 3.05) is 6.61 Å². The third-order valence-electron chi connectivity index (χ3n) is 2.44. The van der Waals surface area contributed by atoms with Crippen molar-refractivity contribution in [1.29, 1.82) is 0 Å². The zero-order chi connectivity index (χ0) is 10.1. The Morgan fingerprint density at radius 3 is 3.07 bits per heavy atom. The van der Waals surface area contributed by atoms with Crippen LogP contribution in [0.2, 0.25) is 0 Å². The summed E-state index contributed by atoms with van der Waals surface area (Å²) in [5.74, 6) is 0.0654. The molecule has 0 fully saturated rings. The molecule has 1 atom stereocenters. The molecule has 1 aliphatic rings. The normalized spacial score (nSPS) is 20.1. The highest BCUT2D eigenvalue weighted by Crippen LogP contribution is 2.35. The first-order valence-corrected chi connectivity index (χ1v) is 4.54. The average molecular weight is 197 g/mol. The van der Waals surface area contributed by atoms with E-state index in [0.29, 0.717) is 29.9 Å². The Morgan fingerprint density at radius 2 is 2.36 bits per heavy atom. The number of aliphatic hydroxyl groups excluding tert-OH is 1. The lowest BCUT2D eigenvalue weighted by Crippen LogP contribution is -2.23. The summed E-state index contributed by atoms with van der Waals surface area (Å²) < 4.78 is 18.7. The fourth-order valence-corrected chi connectivity index (χ4v) is 1.69. The standard InChI is InChI=1S/C10H12FNO2/c11-7-2-1-6(5-13)10-9(7)8(12)3-4-14-10/h1-2,8,13H,3-5,12H2. The van der Waals surface area contributed by atoms with E-state index < -0.39 is 0 Å². The summed E-state index contributed by atoms with van der Waals surface area (Å²) in [5.41, 5.74) is 6.75. The number of fused-ring (bicyclic) bond motifs is 1. The molecule has 1 aromatic rings. The van der Waals surface area contributed by atoms with Gasteiger partial charge in [0, 0.05) is 23.6 Å². The largest absolute Gasteiger partial charge is 0.493 e. The van der Waals surface area contributed by atoms with Gasteiger partial charge in [-0.3, -0.25) is 0 Å². The maximum Gasteiger partial charge on any atom is 0.132 e. The predicted octanol–water partition coefficient (Wildman–Crippen LogP) is 1.10. The van der Waals surface area contributed by atoms with Crippen molar-refractivity contribution < 1.29 is 14.2 Å². The van der Waals surface area contributed by atoms with Crippen LogP contribution in [-0.2, 0) is 6.61 Å². The van der Waals surface area contributed by atoms with Gasteiger partial charge in [0.1, 0.15) is 11.6 Å². The van der Waals surface area contributed by atoms with Gasteiger partial charge in [0.15, 0.2) is 0 Å². The van der Waals surface area contributed by atoms with Gasteiger partial charge in [-0.2, -0.15) is 0 Å². The Kier molecular flexibility index (Phi) is 2.39. The van der Waals surface area contributed by atoms with Crippen LogP contribution in [0.5, 0.6) is 5.75 Å². The van der Waals surface area contributed by atoms with Crippen LogP contribution in [0, 0.1) is 5.82 Å². The molecule has 0 radical (unpaired) electrons. The van der Waals surface area contributed by atoms with E-state index in [9.17, 15) is 4.39 Å². The topological polar surface area (TPSA) is 55.5 Å². The Balaban J connectivity index is 2.57. The summed E-state index contributed by atoms with van der Waals surface area (Å²) in [5, 5.41) is 9.03. The molecule has 1 unspecified atom stereocenters. The lowest BCUT2D eigenvalue weighted by atomic mass is 9.98. The molecule has 2 rings (SSSR count). The zero-order valence-electron chi connectivity index (χ0n) is 7.66. The fourth-order valence-electron chi connectivity index (χ4n) is 1.69.